The van der Waals surface area contributed by atoms with Gasteiger partial charge in [0.25, 0.3) is 0 Å². The van der Waals surface area contributed by atoms with Gasteiger partial charge in [0.1, 0.15) is 23.8 Å². The third kappa shape index (κ3) is 4.16. The van der Waals surface area contributed by atoms with Crippen LogP contribution in [0.25, 0.3) is 11.3 Å². The lowest BCUT2D eigenvalue weighted by atomic mass is 10.2. The number of ether oxygens (including phenoxy) is 1. The Balaban J connectivity index is 1.72. The Morgan fingerprint density at radius 2 is 2.22 bits per heavy atom. The predicted molar refractivity (Wildman–Crippen MR) is 103 cm³/mol. The van der Waals surface area contributed by atoms with Crippen molar-refractivity contribution in [2.75, 3.05) is 12.4 Å². The van der Waals surface area contributed by atoms with Gasteiger partial charge in [-0.25, -0.2) is 4.68 Å². The predicted octanol–water partition coefficient (Wildman–Crippen LogP) is 3.07. The number of carbonyl (C=O) groups is 1. The van der Waals surface area contributed by atoms with Crippen molar-refractivity contribution in [2.24, 2.45) is 0 Å². The van der Waals surface area contributed by atoms with Crippen LogP contribution in [0, 0.1) is 6.92 Å². The van der Waals surface area contributed by atoms with Crippen molar-refractivity contribution in [3.63, 3.8) is 0 Å². The van der Waals surface area contributed by atoms with Crippen molar-refractivity contribution in [3.05, 3.63) is 42.5 Å². The topological polar surface area (TPSA) is 86.9 Å². The van der Waals surface area contributed by atoms with E-state index in [1.165, 1.54) is 0 Å². The summed E-state index contributed by atoms with van der Waals surface area (Å²) in [5.74, 6) is 1.20. The molecule has 3 aromatic heterocycles. The van der Waals surface area contributed by atoms with Gasteiger partial charge in [0.15, 0.2) is 0 Å². The number of nitrogens with one attached hydrogen (secondary N) is 1. The Hall–Kier alpha value is -3.16. The summed E-state index contributed by atoms with van der Waals surface area (Å²) in [5, 5.41) is 11.7. The Morgan fingerprint density at radius 1 is 1.41 bits per heavy atom. The molecule has 0 aliphatic carbocycles. The minimum absolute atomic E-state index is 0.0971. The van der Waals surface area contributed by atoms with Crippen LogP contribution >= 0.6 is 0 Å². The summed E-state index contributed by atoms with van der Waals surface area (Å²) in [6.45, 7) is 6.17. The molecule has 1 amide bonds. The zero-order valence-electron chi connectivity index (χ0n) is 16.0. The van der Waals surface area contributed by atoms with Crippen LogP contribution in [0.4, 0.5) is 5.82 Å². The Bertz CT molecular complexity index is 930. The van der Waals surface area contributed by atoms with Gasteiger partial charge in [0, 0.05) is 24.0 Å². The molecule has 0 radical (unpaired) electrons. The van der Waals surface area contributed by atoms with E-state index in [1.807, 2.05) is 29.8 Å². The molecule has 0 saturated carbocycles. The second-order valence-corrected chi connectivity index (χ2v) is 6.40. The number of methoxy groups -OCH3 is 1. The molecule has 0 unspecified atom stereocenters. The van der Waals surface area contributed by atoms with Crippen LogP contribution in [0.5, 0.6) is 5.75 Å². The summed E-state index contributed by atoms with van der Waals surface area (Å²) in [6.07, 6.45) is 6.08. The first-order valence-corrected chi connectivity index (χ1v) is 8.89. The van der Waals surface area contributed by atoms with Crippen LogP contribution in [-0.2, 0) is 11.3 Å². The smallest absolute Gasteiger partial charge is 0.247 e. The summed E-state index contributed by atoms with van der Waals surface area (Å²) in [6, 6.07) is 5.73. The van der Waals surface area contributed by atoms with Crippen molar-refractivity contribution in [2.45, 2.75) is 39.8 Å². The van der Waals surface area contributed by atoms with E-state index in [1.54, 1.807) is 30.4 Å². The minimum Gasteiger partial charge on any atom is -0.494 e. The summed E-state index contributed by atoms with van der Waals surface area (Å²) in [7, 11) is 1.60. The average Bonchev–Trinajstić information content (AvgIpc) is 3.27. The standard InChI is InChI=1S/C19H24N6O2/c1-5-14(3)25-17(9-13(2)23-25)22-18(26)12-24-11-15(10-21-24)19-16(27-4)7-6-8-20-19/h6-11,14H,5,12H2,1-4H3,(H,22,26)/t14-/m1/s1. The van der Waals surface area contributed by atoms with Crippen LogP contribution in [0.1, 0.15) is 32.0 Å². The third-order valence-corrected chi connectivity index (χ3v) is 4.34. The number of pyridine rings is 1. The minimum atomic E-state index is -0.165. The molecule has 0 spiro atoms. The van der Waals surface area contributed by atoms with E-state index in [4.69, 9.17) is 4.74 Å². The molecule has 8 heteroatoms. The molecule has 3 heterocycles. The highest BCUT2D eigenvalue weighted by molar-refractivity contribution is 5.89. The monoisotopic (exact) mass is 368 g/mol. The van der Waals surface area contributed by atoms with Crippen LogP contribution in [-0.4, -0.2) is 37.6 Å². The average molecular weight is 368 g/mol. The highest BCUT2D eigenvalue weighted by Gasteiger charge is 2.15. The van der Waals surface area contributed by atoms with Gasteiger partial charge in [0.05, 0.1) is 25.0 Å². The van der Waals surface area contributed by atoms with Gasteiger partial charge in [-0.1, -0.05) is 6.92 Å². The molecule has 0 aromatic carbocycles. The molecule has 0 aliphatic heterocycles. The zero-order valence-corrected chi connectivity index (χ0v) is 16.0. The van der Waals surface area contributed by atoms with Crippen molar-refractivity contribution in [1.82, 2.24) is 24.5 Å². The third-order valence-electron chi connectivity index (χ3n) is 4.34. The number of anilines is 1. The van der Waals surface area contributed by atoms with Crippen molar-refractivity contribution in [3.8, 4) is 17.0 Å². The van der Waals surface area contributed by atoms with Crippen molar-refractivity contribution >= 4 is 11.7 Å². The van der Waals surface area contributed by atoms with E-state index in [0.29, 0.717) is 17.3 Å². The fourth-order valence-corrected chi connectivity index (χ4v) is 2.79. The van der Waals surface area contributed by atoms with Crippen molar-refractivity contribution in [1.29, 1.82) is 0 Å². The largest absolute Gasteiger partial charge is 0.494 e. The van der Waals surface area contributed by atoms with Gasteiger partial charge in [-0.05, 0) is 32.4 Å². The molecule has 1 atom stereocenters. The molecular formula is C19H24N6O2. The molecule has 0 saturated heterocycles. The summed E-state index contributed by atoms with van der Waals surface area (Å²) in [5.41, 5.74) is 2.35. The van der Waals surface area contributed by atoms with E-state index < -0.39 is 0 Å². The molecule has 8 nitrogen and oxygen atoms in total. The first-order valence-electron chi connectivity index (χ1n) is 8.89. The maximum atomic E-state index is 12.5. The van der Waals surface area contributed by atoms with E-state index in [2.05, 4.69) is 34.3 Å². The Morgan fingerprint density at radius 3 is 2.96 bits per heavy atom. The van der Waals surface area contributed by atoms with Crippen LogP contribution in [0.15, 0.2) is 36.8 Å². The van der Waals surface area contributed by atoms with Crippen LogP contribution in [0.3, 0.4) is 0 Å². The Kier molecular flexibility index (Phi) is 5.54. The van der Waals surface area contributed by atoms with Crippen LogP contribution in [0.2, 0.25) is 0 Å². The molecule has 0 fully saturated rings. The number of hydrogen-bond donors (Lipinski definition) is 1. The van der Waals surface area contributed by atoms with E-state index in [0.717, 1.165) is 17.7 Å². The molecule has 3 rings (SSSR count). The van der Waals surface area contributed by atoms with E-state index in [-0.39, 0.29) is 18.5 Å². The highest BCUT2D eigenvalue weighted by atomic mass is 16.5. The first-order chi connectivity index (χ1) is 13.0. The lowest BCUT2D eigenvalue weighted by molar-refractivity contribution is -0.117. The van der Waals surface area contributed by atoms with Gasteiger partial charge < -0.3 is 10.1 Å². The zero-order chi connectivity index (χ0) is 19.4. The van der Waals surface area contributed by atoms with Gasteiger partial charge >= 0.3 is 0 Å². The van der Waals surface area contributed by atoms with E-state index >= 15 is 0 Å². The van der Waals surface area contributed by atoms with Gasteiger partial charge in [-0.2, -0.15) is 10.2 Å². The summed E-state index contributed by atoms with van der Waals surface area (Å²) >= 11 is 0. The molecule has 0 aliphatic rings. The van der Waals surface area contributed by atoms with Crippen LogP contribution < -0.4 is 10.1 Å². The molecular weight excluding hydrogens is 344 g/mol. The molecule has 27 heavy (non-hydrogen) atoms. The number of aryl methyl sites for hydroxylation is 1. The summed E-state index contributed by atoms with van der Waals surface area (Å²) in [4.78, 5) is 16.8. The maximum absolute atomic E-state index is 12.5. The highest BCUT2D eigenvalue weighted by Crippen LogP contribution is 2.26. The van der Waals surface area contributed by atoms with E-state index in [9.17, 15) is 4.79 Å². The van der Waals surface area contributed by atoms with Gasteiger partial charge in [0.2, 0.25) is 5.91 Å². The maximum Gasteiger partial charge on any atom is 0.247 e. The fraction of sp³-hybridized carbons (Fsp3) is 0.368. The number of hydrogen-bond acceptors (Lipinski definition) is 5. The Labute approximate surface area is 158 Å². The summed E-state index contributed by atoms with van der Waals surface area (Å²) < 4.78 is 8.76. The number of amides is 1. The van der Waals surface area contributed by atoms with Crippen molar-refractivity contribution < 1.29 is 9.53 Å². The quantitative estimate of drug-likeness (QED) is 0.692. The molecule has 0 bridgehead atoms. The SMILES string of the molecule is CC[C@@H](C)n1nc(C)cc1NC(=O)Cn1cc(-c2ncccc2OC)cn1. The second-order valence-electron chi connectivity index (χ2n) is 6.40. The number of aromatic nitrogens is 5. The number of nitrogens with zero attached hydrogens (tertiary/aromatic N) is 5. The number of carbonyl (C=O) groups excluding carboxylic acids is 1. The van der Waals surface area contributed by atoms with Gasteiger partial charge in [-0.15, -0.1) is 0 Å². The lowest BCUT2D eigenvalue weighted by Gasteiger charge is -2.14. The molecule has 142 valence electrons. The molecule has 1 N–H and O–H groups in total. The lowest BCUT2D eigenvalue weighted by Crippen LogP contribution is -2.22. The second kappa shape index (κ2) is 8.03. The fourth-order valence-electron chi connectivity index (χ4n) is 2.79. The molecule has 3 aromatic rings. The number of rotatable bonds is 7. The van der Waals surface area contributed by atoms with Gasteiger partial charge in [-0.3, -0.25) is 14.5 Å². The first kappa shape index (κ1) is 18.6. The normalized spacial score (nSPS) is 12.0.